The Morgan fingerprint density at radius 3 is 2.88 bits per heavy atom. The molecule has 1 fully saturated rings. The topological polar surface area (TPSA) is 71.3 Å². The molecule has 1 N–H and O–H groups in total. The molecule has 1 aromatic carbocycles. The minimum atomic E-state index is -0.0624. The zero-order valence-electron chi connectivity index (χ0n) is 14.2. The number of aryl methyl sites for hydroxylation is 1. The third-order valence-corrected chi connectivity index (χ3v) is 4.53. The predicted molar refractivity (Wildman–Crippen MR) is 90.2 cm³/mol. The van der Waals surface area contributed by atoms with Crippen LogP contribution >= 0.6 is 0 Å². The van der Waals surface area contributed by atoms with E-state index in [1.54, 1.807) is 6.92 Å². The van der Waals surface area contributed by atoms with Crippen molar-refractivity contribution in [2.75, 3.05) is 13.1 Å². The first-order valence-electron chi connectivity index (χ1n) is 8.45. The average molecular weight is 328 g/mol. The second-order valence-electron chi connectivity index (χ2n) is 6.52. The van der Waals surface area contributed by atoms with Gasteiger partial charge in [0.25, 0.3) is 0 Å². The van der Waals surface area contributed by atoms with E-state index in [1.807, 2.05) is 6.07 Å². The molecule has 0 saturated carbocycles. The highest BCUT2D eigenvalue weighted by Gasteiger charge is 2.28. The molecule has 128 valence electrons. The Bertz CT molecular complexity index is 671. The quantitative estimate of drug-likeness (QED) is 0.877. The van der Waals surface area contributed by atoms with Gasteiger partial charge in [-0.25, -0.2) is 0 Å². The normalized spacial score (nSPS) is 19.3. The van der Waals surface area contributed by atoms with Gasteiger partial charge in [-0.2, -0.15) is 0 Å². The van der Waals surface area contributed by atoms with Crippen LogP contribution in [0.3, 0.4) is 0 Å². The van der Waals surface area contributed by atoms with E-state index in [4.69, 9.17) is 4.42 Å². The third-order valence-electron chi connectivity index (χ3n) is 4.53. The van der Waals surface area contributed by atoms with Gasteiger partial charge < -0.3 is 9.73 Å². The van der Waals surface area contributed by atoms with E-state index in [9.17, 15) is 4.79 Å². The number of amides is 1. The zero-order chi connectivity index (χ0) is 16.9. The highest BCUT2D eigenvalue weighted by Crippen LogP contribution is 2.21. The molecule has 1 saturated heterocycles. The van der Waals surface area contributed by atoms with Gasteiger partial charge in [0.2, 0.25) is 17.7 Å². The Labute approximate surface area is 142 Å². The van der Waals surface area contributed by atoms with Crippen LogP contribution in [-0.4, -0.2) is 40.1 Å². The molecule has 6 heteroatoms. The minimum Gasteiger partial charge on any atom is -0.425 e. The summed E-state index contributed by atoms with van der Waals surface area (Å²) in [6, 6.07) is 10.6. The maximum absolute atomic E-state index is 12.1. The molecular weight excluding hydrogens is 304 g/mol. The van der Waals surface area contributed by atoms with Crippen molar-refractivity contribution in [2.24, 2.45) is 5.92 Å². The van der Waals surface area contributed by atoms with Crippen molar-refractivity contribution in [1.82, 2.24) is 20.4 Å². The maximum Gasteiger partial charge on any atom is 0.229 e. The van der Waals surface area contributed by atoms with Gasteiger partial charge in [-0.05, 0) is 31.4 Å². The molecule has 1 aliphatic rings. The fourth-order valence-electron chi connectivity index (χ4n) is 3.23. The predicted octanol–water partition coefficient (Wildman–Crippen LogP) is 1.95. The number of nitrogens with zero attached hydrogens (tertiary/aromatic N) is 3. The number of likely N-dealkylation sites (tertiary alicyclic amines) is 1. The summed E-state index contributed by atoms with van der Waals surface area (Å²) in [5, 5.41) is 10.7. The summed E-state index contributed by atoms with van der Waals surface area (Å²) in [7, 11) is 0. The van der Waals surface area contributed by atoms with Crippen molar-refractivity contribution in [2.45, 2.75) is 39.3 Å². The first-order chi connectivity index (χ1) is 11.6. The summed E-state index contributed by atoms with van der Waals surface area (Å²) in [6.45, 7) is 6.85. The standard InChI is InChI=1S/C18H24N4O2/c1-13(19-17(23)10-18-21-20-14(2)24-18)16-8-9-22(12-16)11-15-6-4-3-5-7-15/h3-7,13,16H,8-12H2,1-2H3,(H,19,23)/t13-,16+/m1/s1. The molecule has 2 aromatic rings. The molecule has 3 rings (SSSR count). The van der Waals surface area contributed by atoms with Gasteiger partial charge >= 0.3 is 0 Å². The van der Waals surface area contributed by atoms with Gasteiger partial charge in [-0.1, -0.05) is 30.3 Å². The number of nitrogens with one attached hydrogen (secondary N) is 1. The monoisotopic (exact) mass is 328 g/mol. The van der Waals surface area contributed by atoms with E-state index in [0.29, 0.717) is 17.7 Å². The number of hydrogen-bond acceptors (Lipinski definition) is 5. The molecule has 0 radical (unpaired) electrons. The summed E-state index contributed by atoms with van der Waals surface area (Å²) in [6.07, 6.45) is 1.25. The lowest BCUT2D eigenvalue weighted by Gasteiger charge is -2.21. The largest absolute Gasteiger partial charge is 0.425 e. The maximum atomic E-state index is 12.1. The third kappa shape index (κ3) is 4.41. The molecule has 1 amide bonds. The Morgan fingerprint density at radius 1 is 1.38 bits per heavy atom. The van der Waals surface area contributed by atoms with Crippen molar-refractivity contribution < 1.29 is 9.21 Å². The Morgan fingerprint density at radius 2 is 2.17 bits per heavy atom. The van der Waals surface area contributed by atoms with Crippen molar-refractivity contribution >= 4 is 5.91 Å². The number of benzene rings is 1. The lowest BCUT2D eigenvalue weighted by molar-refractivity contribution is -0.121. The minimum absolute atomic E-state index is 0.0624. The molecule has 0 unspecified atom stereocenters. The van der Waals surface area contributed by atoms with Crippen LogP contribution in [-0.2, 0) is 17.8 Å². The molecule has 0 spiro atoms. The zero-order valence-corrected chi connectivity index (χ0v) is 14.2. The Kier molecular flexibility index (Phi) is 5.25. The Hall–Kier alpha value is -2.21. The van der Waals surface area contributed by atoms with E-state index < -0.39 is 0 Å². The van der Waals surface area contributed by atoms with Crippen LogP contribution in [0.2, 0.25) is 0 Å². The lowest BCUT2D eigenvalue weighted by atomic mass is 10.0. The molecule has 0 aliphatic carbocycles. The second kappa shape index (κ2) is 7.57. The number of carbonyl (C=O) groups is 1. The molecular formula is C18H24N4O2. The first-order valence-corrected chi connectivity index (χ1v) is 8.45. The van der Waals surface area contributed by atoms with Gasteiger partial charge in [-0.3, -0.25) is 9.69 Å². The van der Waals surface area contributed by atoms with Crippen LogP contribution in [0.15, 0.2) is 34.7 Å². The molecule has 2 atom stereocenters. The van der Waals surface area contributed by atoms with Crippen molar-refractivity contribution in [3.63, 3.8) is 0 Å². The summed E-state index contributed by atoms with van der Waals surface area (Å²) >= 11 is 0. The fraction of sp³-hybridized carbons (Fsp3) is 0.500. The SMILES string of the molecule is Cc1nnc(CC(=O)N[C@H](C)[C@H]2CCN(Cc3ccccc3)C2)o1. The van der Waals surface area contributed by atoms with Crippen LogP contribution in [0.1, 0.15) is 30.7 Å². The molecule has 0 bridgehead atoms. The smallest absolute Gasteiger partial charge is 0.229 e. The van der Waals surface area contributed by atoms with Crippen molar-refractivity contribution in [1.29, 1.82) is 0 Å². The highest BCUT2D eigenvalue weighted by molar-refractivity contribution is 5.77. The van der Waals surface area contributed by atoms with Crippen LogP contribution < -0.4 is 5.32 Å². The fourth-order valence-corrected chi connectivity index (χ4v) is 3.23. The number of hydrogen-bond donors (Lipinski definition) is 1. The van der Waals surface area contributed by atoms with E-state index in [1.165, 1.54) is 5.56 Å². The number of rotatable bonds is 6. The Balaban J connectivity index is 1.45. The summed E-state index contributed by atoms with van der Waals surface area (Å²) in [5.74, 6) is 1.27. The van der Waals surface area contributed by atoms with Gasteiger partial charge in [0.1, 0.15) is 6.42 Å². The van der Waals surface area contributed by atoms with Gasteiger partial charge in [0, 0.05) is 26.1 Å². The van der Waals surface area contributed by atoms with Gasteiger partial charge in [-0.15, -0.1) is 10.2 Å². The van der Waals surface area contributed by atoms with E-state index in [-0.39, 0.29) is 18.4 Å². The number of carbonyl (C=O) groups excluding carboxylic acids is 1. The molecule has 6 nitrogen and oxygen atoms in total. The first kappa shape index (κ1) is 16.6. The summed E-state index contributed by atoms with van der Waals surface area (Å²) in [4.78, 5) is 14.6. The van der Waals surface area contributed by atoms with E-state index in [2.05, 4.69) is 51.6 Å². The molecule has 24 heavy (non-hydrogen) atoms. The molecule has 1 aromatic heterocycles. The van der Waals surface area contributed by atoms with Crippen LogP contribution in [0.25, 0.3) is 0 Å². The van der Waals surface area contributed by atoms with Gasteiger partial charge in [0.15, 0.2) is 0 Å². The van der Waals surface area contributed by atoms with Crippen LogP contribution in [0, 0.1) is 12.8 Å². The molecule has 1 aliphatic heterocycles. The van der Waals surface area contributed by atoms with Crippen molar-refractivity contribution in [3.05, 3.63) is 47.7 Å². The summed E-state index contributed by atoms with van der Waals surface area (Å²) < 4.78 is 5.25. The lowest BCUT2D eigenvalue weighted by Crippen LogP contribution is -2.40. The molecule has 2 heterocycles. The van der Waals surface area contributed by atoms with E-state index >= 15 is 0 Å². The van der Waals surface area contributed by atoms with E-state index in [0.717, 1.165) is 26.1 Å². The van der Waals surface area contributed by atoms with Crippen molar-refractivity contribution in [3.8, 4) is 0 Å². The second-order valence-corrected chi connectivity index (χ2v) is 6.52. The van der Waals surface area contributed by atoms with Crippen LogP contribution in [0.4, 0.5) is 0 Å². The summed E-state index contributed by atoms with van der Waals surface area (Å²) in [5.41, 5.74) is 1.33. The van der Waals surface area contributed by atoms with Crippen LogP contribution in [0.5, 0.6) is 0 Å². The van der Waals surface area contributed by atoms with Gasteiger partial charge in [0.05, 0.1) is 0 Å². The number of aromatic nitrogens is 2. The average Bonchev–Trinajstić information content (AvgIpc) is 3.17. The highest BCUT2D eigenvalue weighted by atomic mass is 16.4.